The van der Waals surface area contributed by atoms with Crippen LogP contribution >= 0.6 is 0 Å². The Balaban J connectivity index is 1.99. The minimum absolute atomic E-state index is 0.121. The average molecular weight is 321 g/mol. The van der Waals surface area contributed by atoms with Crippen molar-refractivity contribution in [3.05, 3.63) is 24.0 Å². The molecule has 0 radical (unpaired) electrons. The number of alkyl halides is 5. The van der Waals surface area contributed by atoms with E-state index in [0.717, 1.165) is 18.9 Å². The Morgan fingerprint density at radius 3 is 2.55 bits per heavy atom. The molecule has 1 saturated heterocycles. The third kappa shape index (κ3) is 2.43. The lowest BCUT2D eigenvalue weighted by Crippen LogP contribution is -2.33. The van der Waals surface area contributed by atoms with E-state index in [4.69, 9.17) is 4.74 Å². The molecule has 1 unspecified atom stereocenters. The number of hydrogen-bond acceptors (Lipinski definition) is 3. The molecular formula is C13H12F5N3O. The minimum atomic E-state index is -5.66. The van der Waals surface area contributed by atoms with E-state index < -0.39 is 17.7 Å². The number of rotatable bonds is 2. The summed E-state index contributed by atoms with van der Waals surface area (Å²) < 4.78 is 70.8. The van der Waals surface area contributed by atoms with Gasteiger partial charge in [-0.25, -0.2) is 9.67 Å². The van der Waals surface area contributed by atoms with E-state index in [0.29, 0.717) is 19.2 Å². The van der Waals surface area contributed by atoms with E-state index >= 15 is 0 Å². The van der Waals surface area contributed by atoms with Crippen molar-refractivity contribution in [1.29, 1.82) is 0 Å². The molecule has 0 amide bonds. The summed E-state index contributed by atoms with van der Waals surface area (Å²) in [5, 5.41) is 4.13. The maximum Gasteiger partial charge on any atom is 0.458 e. The molecule has 1 aliphatic heterocycles. The van der Waals surface area contributed by atoms with E-state index in [9.17, 15) is 22.0 Å². The summed E-state index contributed by atoms with van der Waals surface area (Å²) in [5.41, 5.74) is -0.967. The van der Waals surface area contributed by atoms with Crippen LogP contribution in [0.2, 0.25) is 0 Å². The first-order valence-corrected chi connectivity index (χ1v) is 6.70. The Bertz CT molecular complexity index is 676. The molecule has 3 rings (SSSR count). The Kier molecular flexibility index (Phi) is 3.54. The van der Waals surface area contributed by atoms with Gasteiger partial charge in [0.15, 0.2) is 11.9 Å². The van der Waals surface area contributed by atoms with Crippen LogP contribution in [-0.4, -0.2) is 27.5 Å². The van der Waals surface area contributed by atoms with E-state index in [1.807, 2.05) is 0 Å². The molecule has 1 fully saturated rings. The van der Waals surface area contributed by atoms with Gasteiger partial charge in [0, 0.05) is 23.8 Å². The highest BCUT2D eigenvalue weighted by molar-refractivity contribution is 5.75. The molecule has 0 aliphatic carbocycles. The highest BCUT2D eigenvalue weighted by Gasteiger charge is 2.59. The van der Waals surface area contributed by atoms with Gasteiger partial charge >= 0.3 is 12.1 Å². The summed E-state index contributed by atoms with van der Waals surface area (Å²) in [6.45, 7) is 0.552. The zero-order valence-corrected chi connectivity index (χ0v) is 11.3. The summed E-state index contributed by atoms with van der Waals surface area (Å²) in [4.78, 5) is 3.74. The maximum absolute atomic E-state index is 13.3. The van der Waals surface area contributed by atoms with Crippen LogP contribution in [0.1, 0.15) is 31.1 Å². The quantitative estimate of drug-likeness (QED) is 0.790. The monoisotopic (exact) mass is 321 g/mol. The maximum atomic E-state index is 13.3. The molecule has 3 heterocycles. The summed E-state index contributed by atoms with van der Waals surface area (Å²) in [6.07, 6.45) is -1.73. The molecule has 120 valence electrons. The predicted octanol–water partition coefficient (Wildman–Crippen LogP) is 3.78. The Morgan fingerprint density at radius 2 is 1.91 bits per heavy atom. The zero-order chi connectivity index (χ0) is 16.0. The number of nitrogens with zero attached hydrogens (tertiary/aromatic N) is 3. The second-order valence-electron chi connectivity index (χ2n) is 5.12. The average Bonchev–Trinajstić information content (AvgIpc) is 2.90. The van der Waals surface area contributed by atoms with Gasteiger partial charge in [0.25, 0.3) is 0 Å². The van der Waals surface area contributed by atoms with Gasteiger partial charge in [-0.3, -0.25) is 0 Å². The number of fused-ring (bicyclic) bond motifs is 1. The van der Waals surface area contributed by atoms with Crippen LogP contribution in [0.5, 0.6) is 0 Å². The van der Waals surface area contributed by atoms with Crippen LogP contribution in [0.15, 0.2) is 18.5 Å². The van der Waals surface area contributed by atoms with E-state index in [1.165, 1.54) is 10.9 Å². The first-order chi connectivity index (χ1) is 10.3. The van der Waals surface area contributed by atoms with Crippen molar-refractivity contribution in [2.24, 2.45) is 0 Å². The molecular weight excluding hydrogens is 309 g/mol. The molecule has 0 aromatic carbocycles. The van der Waals surface area contributed by atoms with Crippen LogP contribution in [-0.2, 0) is 10.7 Å². The topological polar surface area (TPSA) is 39.9 Å². The fraction of sp³-hybridized carbons (Fsp3) is 0.538. The van der Waals surface area contributed by atoms with Gasteiger partial charge in [0.05, 0.1) is 6.20 Å². The highest BCUT2D eigenvalue weighted by Crippen LogP contribution is 2.44. The molecule has 22 heavy (non-hydrogen) atoms. The predicted molar refractivity (Wildman–Crippen MR) is 66.3 cm³/mol. The van der Waals surface area contributed by atoms with Crippen LogP contribution in [0.3, 0.4) is 0 Å². The fourth-order valence-electron chi connectivity index (χ4n) is 2.40. The Morgan fingerprint density at radius 1 is 1.14 bits per heavy atom. The summed E-state index contributed by atoms with van der Waals surface area (Å²) in [5.74, 6) is -4.95. The number of aromatic nitrogens is 3. The van der Waals surface area contributed by atoms with Crippen LogP contribution in [0.25, 0.3) is 11.0 Å². The smallest absolute Gasteiger partial charge is 0.356 e. The SMILES string of the molecule is FC(F)(F)C(F)(F)c1cnc2c(cnn2C2CCCCO2)c1. The minimum Gasteiger partial charge on any atom is -0.356 e. The van der Waals surface area contributed by atoms with Gasteiger partial charge < -0.3 is 4.74 Å². The second-order valence-corrected chi connectivity index (χ2v) is 5.12. The van der Waals surface area contributed by atoms with Crippen LogP contribution < -0.4 is 0 Å². The van der Waals surface area contributed by atoms with Crippen LogP contribution in [0, 0.1) is 0 Å². The Hall–Kier alpha value is -1.77. The summed E-state index contributed by atoms with van der Waals surface area (Å²) in [6, 6.07) is 0.766. The standard InChI is InChI=1S/C13H12F5N3O/c14-12(15,13(16,17)18)9-5-8-6-20-21(11(8)19-7-9)10-3-1-2-4-22-10/h5-7,10H,1-4H2. The molecule has 0 saturated carbocycles. The number of halogens is 5. The first-order valence-electron chi connectivity index (χ1n) is 6.70. The van der Waals surface area contributed by atoms with Gasteiger partial charge in [-0.2, -0.15) is 27.1 Å². The first kappa shape index (κ1) is 15.1. The molecule has 0 N–H and O–H groups in total. The van der Waals surface area contributed by atoms with Crippen molar-refractivity contribution in [2.45, 2.75) is 37.6 Å². The van der Waals surface area contributed by atoms with Crippen LogP contribution in [0.4, 0.5) is 22.0 Å². The van der Waals surface area contributed by atoms with Gasteiger partial charge in [0.2, 0.25) is 0 Å². The number of pyridine rings is 1. The Labute approximate surface area is 121 Å². The van der Waals surface area contributed by atoms with Crippen molar-refractivity contribution >= 4 is 11.0 Å². The molecule has 0 bridgehead atoms. The highest BCUT2D eigenvalue weighted by atomic mass is 19.4. The molecule has 0 spiro atoms. The van der Waals surface area contributed by atoms with Gasteiger partial charge in [0.1, 0.15) is 0 Å². The number of hydrogen-bond donors (Lipinski definition) is 0. The normalized spacial score (nSPS) is 20.5. The lowest BCUT2D eigenvalue weighted by atomic mass is 10.1. The van der Waals surface area contributed by atoms with Crippen molar-refractivity contribution in [1.82, 2.24) is 14.8 Å². The van der Waals surface area contributed by atoms with Crippen molar-refractivity contribution in [3.8, 4) is 0 Å². The third-order valence-corrected chi connectivity index (χ3v) is 3.58. The van der Waals surface area contributed by atoms with Gasteiger partial charge in [-0.15, -0.1) is 0 Å². The van der Waals surface area contributed by atoms with E-state index in [2.05, 4.69) is 10.1 Å². The van der Waals surface area contributed by atoms with E-state index in [-0.39, 0.29) is 17.3 Å². The van der Waals surface area contributed by atoms with Crippen molar-refractivity contribution in [3.63, 3.8) is 0 Å². The second kappa shape index (κ2) is 5.15. The number of ether oxygens (including phenoxy) is 1. The molecule has 1 atom stereocenters. The molecule has 2 aromatic rings. The van der Waals surface area contributed by atoms with Gasteiger partial charge in [-0.1, -0.05) is 0 Å². The van der Waals surface area contributed by atoms with Crippen molar-refractivity contribution < 1.29 is 26.7 Å². The largest absolute Gasteiger partial charge is 0.458 e. The van der Waals surface area contributed by atoms with Gasteiger partial charge in [-0.05, 0) is 25.3 Å². The molecule has 2 aromatic heterocycles. The lowest BCUT2D eigenvalue weighted by Gasteiger charge is -2.23. The third-order valence-electron chi connectivity index (χ3n) is 3.58. The van der Waals surface area contributed by atoms with E-state index in [1.54, 1.807) is 0 Å². The zero-order valence-electron chi connectivity index (χ0n) is 11.3. The molecule has 4 nitrogen and oxygen atoms in total. The summed E-state index contributed by atoms with van der Waals surface area (Å²) in [7, 11) is 0. The summed E-state index contributed by atoms with van der Waals surface area (Å²) >= 11 is 0. The molecule has 9 heteroatoms. The lowest BCUT2D eigenvalue weighted by molar-refractivity contribution is -0.289. The molecule has 1 aliphatic rings. The fourth-order valence-corrected chi connectivity index (χ4v) is 2.40. The van der Waals surface area contributed by atoms with Crippen molar-refractivity contribution in [2.75, 3.05) is 6.61 Å².